The second-order valence-electron chi connectivity index (χ2n) is 5.79. The summed E-state index contributed by atoms with van der Waals surface area (Å²) >= 11 is 2.10. The van der Waals surface area contributed by atoms with E-state index in [1.54, 1.807) is 0 Å². The maximum Gasteiger partial charge on any atom is 0.00966 e. The quantitative estimate of drug-likeness (QED) is 0.715. The van der Waals surface area contributed by atoms with Gasteiger partial charge in [-0.05, 0) is 50.7 Å². The van der Waals surface area contributed by atoms with Gasteiger partial charge in [0.25, 0.3) is 0 Å². The molecule has 0 aromatic heterocycles. The van der Waals surface area contributed by atoms with E-state index < -0.39 is 0 Å². The first-order chi connectivity index (χ1) is 6.85. The fourth-order valence-electron chi connectivity index (χ4n) is 1.13. The third-order valence-corrected chi connectivity index (χ3v) is 4.09. The van der Waals surface area contributed by atoms with Gasteiger partial charge in [0, 0.05) is 5.54 Å². The van der Waals surface area contributed by atoms with Crippen molar-refractivity contribution >= 4 is 11.8 Å². The smallest absolute Gasteiger partial charge is 0.00966 e. The van der Waals surface area contributed by atoms with Crippen LogP contribution in [0.25, 0.3) is 0 Å². The summed E-state index contributed by atoms with van der Waals surface area (Å²) in [4.78, 5) is 0. The first-order valence-electron chi connectivity index (χ1n) is 6.18. The Kier molecular flexibility index (Phi) is 7.72. The lowest BCUT2D eigenvalue weighted by atomic mass is 10.1. The molecule has 2 unspecified atom stereocenters. The summed E-state index contributed by atoms with van der Waals surface area (Å²) in [7, 11) is 0. The summed E-state index contributed by atoms with van der Waals surface area (Å²) in [6.45, 7) is 14.8. The van der Waals surface area contributed by atoms with Gasteiger partial charge in [0.15, 0.2) is 0 Å². The lowest BCUT2D eigenvalue weighted by Crippen LogP contribution is -2.39. The predicted molar refractivity (Wildman–Crippen MR) is 73.7 cm³/mol. The van der Waals surface area contributed by atoms with E-state index in [0.717, 1.165) is 18.4 Å². The van der Waals surface area contributed by atoms with E-state index in [1.165, 1.54) is 17.9 Å². The van der Waals surface area contributed by atoms with Gasteiger partial charge in [0.05, 0.1) is 0 Å². The standard InChI is InChI=1S/C13H29NS/c1-7-11(2)9-15-10-12(3)8-14-13(4,5)6/h11-12,14H,7-10H2,1-6H3. The van der Waals surface area contributed by atoms with Crippen molar-refractivity contribution < 1.29 is 0 Å². The molecule has 0 radical (unpaired) electrons. The molecule has 0 saturated carbocycles. The molecule has 0 aromatic carbocycles. The molecule has 15 heavy (non-hydrogen) atoms. The fourth-order valence-corrected chi connectivity index (χ4v) is 2.42. The minimum Gasteiger partial charge on any atom is -0.312 e. The van der Waals surface area contributed by atoms with Crippen LogP contribution in [0.4, 0.5) is 0 Å². The van der Waals surface area contributed by atoms with Crippen molar-refractivity contribution in [1.29, 1.82) is 0 Å². The molecule has 0 aliphatic heterocycles. The van der Waals surface area contributed by atoms with Gasteiger partial charge in [-0.15, -0.1) is 0 Å². The van der Waals surface area contributed by atoms with Gasteiger partial charge >= 0.3 is 0 Å². The summed E-state index contributed by atoms with van der Waals surface area (Å²) in [5, 5.41) is 3.56. The van der Waals surface area contributed by atoms with E-state index in [0.29, 0.717) is 0 Å². The van der Waals surface area contributed by atoms with Gasteiger partial charge in [-0.2, -0.15) is 11.8 Å². The molecular formula is C13H29NS. The van der Waals surface area contributed by atoms with E-state index in [9.17, 15) is 0 Å². The van der Waals surface area contributed by atoms with Gasteiger partial charge < -0.3 is 5.32 Å². The highest BCUT2D eigenvalue weighted by molar-refractivity contribution is 7.99. The van der Waals surface area contributed by atoms with Crippen LogP contribution in [-0.2, 0) is 0 Å². The van der Waals surface area contributed by atoms with Crippen molar-refractivity contribution in [3.8, 4) is 0 Å². The van der Waals surface area contributed by atoms with E-state index >= 15 is 0 Å². The highest BCUT2D eigenvalue weighted by Gasteiger charge is 2.11. The third-order valence-electron chi connectivity index (χ3n) is 2.48. The molecule has 0 spiro atoms. The number of nitrogens with one attached hydrogen (secondary N) is 1. The molecule has 0 aliphatic carbocycles. The van der Waals surface area contributed by atoms with Gasteiger partial charge in [-0.1, -0.05) is 27.2 Å². The molecule has 0 aromatic rings. The topological polar surface area (TPSA) is 12.0 Å². The Balaban J connectivity index is 3.45. The molecule has 92 valence electrons. The summed E-state index contributed by atoms with van der Waals surface area (Å²) in [5.74, 6) is 4.25. The summed E-state index contributed by atoms with van der Waals surface area (Å²) in [6, 6.07) is 0. The van der Waals surface area contributed by atoms with Gasteiger partial charge in [-0.25, -0.2) is 0 Å². The molecule has 1 N–H and O–H groups in total. The van der Waals surface area contributed by atoms with E-state index in [1.807, 2.05) is 0 Å². The van der Waals surface area contributed by atoms with Crippen LogP contribution in [0.3, 0.4) is 0 Å². The number of hydrogen-bond acceptors (Lipinski definition) is 2. The van der Waals surface area contributed by atoms with Crippen LogP contribution in [0.15, 0.2) is 0 Å². The predicted octanol–water partition coefficient (Wildman–Crippen LogP) is 3.79. The van der Waals surface area contributed by atoms with E-state index in [4.69, 9.17) is 0 Å². The lowest BCUT2D eigenvalue weighted by Gasteiger charge is -2.23. The van der Waals surface area contributed by atoms with Crippen LogP contribution in [0.5, 0.6) is 0 Å². The zero-order valence-corrected chi connectivity index (χ0v) is 12.2. The highest BCUT2D eigenvalue weighted by atomic mass is 32.2. The van der Waals surface area contributed by atoms with Crippen LogP contribution in [0.2, 0.25) is 0 Å². The molecule has 0 heterocycles. The van der Waals surface area contributed by atoms with Crippen molar-refractivity contribution in [1.82, 2.24) is 5.32 Å². The van der Waals surface area contributed by atoms with Crippen molar-refractivity contribution in [2.24, 2.45) is 11.8 Å². The van der Waals surface area contributed by atoms with Crippen LogP contribution in [0, 0.1) is 11.8 Å². The van der Waals surface area contributed by atoms with Crippen LogP contribution in [0.1, 0.15) is 48.0 Å². The number of thioether (sulfide) groups is 1. The van der Waals surface area contributed by atoms with Crippen LogP contribution >= 0.6 is 11.8 Å². The Hall–Kier alpha value is 0.310. The van der Waals surface area contributed by atoms with Crippen molar-refractivity contribution in [3.05, 3.63) is 0 Å². The Bertz CT molecular complexity index is 151. The molecular weight excluding hydrogens is 202 g/mol. The first kappa shape index (κ1) is 15.3. The summed E-state index contributed by atoms with van der Waals surface area (Å²) in [6.07, 6.45) is 1.31. The Morgan fingerprint density at radius 1 is 1.07 bits per heavy atom. The SMILES string of the molecule is CCC(C)CSCC(C)CNC(C)(C)C. The molecule has 0 bridgehead atoms. The Morgan fingerprint density at radius 2 is 1.60 bits per heavy atom. The van der Waals surface area contributed by atoms with Crippen molar-refractivity contribution in [2.75, 3.05) is 18.1 Å². The minimum atomic E-state index is 0.260. The molecule has 0 saturated heterocycles. The van der Waals surface area contributed by atoms with E-state index in [-0.39, 0.29) is 5.54 Å². The monoisotopic (exact) mass is 231 g/mol. The summed E-state index contributed by atoms with van der Waals surface area (Å²) < 4.78 is 0. The molecule has 0 rings (SSSR count). The number of hydrogen-bond donors (Lipinski definition) is 1. The van der Waals surface area contributed by atoms with Crippen molar-refractivity contribution in [3.63, 3.8) is 0 Å². The van der Waals surface area contributed by atoms with Crippen molar-refractivity contribution in [2.45, 2.75) is 53.5 Å². The molecule has 0 fully saturated rings. The first-order valence-corrected chi connectivity index (χ1v) is 7.33. The second-order valence-corrected chi connectivity index (χ2v) is 6.86. The van der Waals surface area contributed by atoms with Gasteiger partial charge in [-0.3, -0.25) is 0 Å². The average Bonchev–Trinajstić information content (AvgIpc) is 2.13. The molecule has 2 heteroatoms. The molecule has 2 atom stereocenters. The van der Waals surface area contributed by atoms with E-state index in [2.05, 4.69) is 58.6 Å². The van der Waals surface area contributed by atoms with Crippen LogP contribution in [-0.4, -0.2) is 23.6 Å². The Morgan fingerprint density at radius 3 is 2.07 bits per heavy atom. The zero-order chi connectivity index (χ0) is 11.9. The Labute approximate surface area is 101 Å². The average molecular weight is 231 g/mol. The maximum atomic E-state index is 3.56. The molecule has 1 nitrogen and oxygen atoms in total. The minimum absolute atomic E-state index is 0.260. The summed E-state index contributed by atoms with van der Waals surface area (Å²) in [5.41, 5.74) is 0.260. The molecule has 0 aliphatic rings. The second kappa shape index (κ2) is 7.56. The van der Waals surface area contributed by atoms with Gasteiger partial charge in [0.2, 0.25) is 0 Å². The normalized spacial score (nSPS) is 16.4. The van der Waals surface area contributed by atoms with Crippen LogP contribution < -0.4 is 5.32 Å². The fraction of sp³-hybridized carbons (Fsp3) is 1.00. The number of rotatable bonds is 7. The highest BCUT2D eigenvalue weighted by Crippen LogP contribution is 2.14. The van der Waals surface area contributed by atoms with Gasteiger partial charge in [0.1, 0.15) is 0 Å². The largest absolute Gasteiger partial charge is 0.312 e. The third kappa shape index (κ3) is 10.6. The maximum absolute atomic E-state index is 3.56. The lowest BCUT2D eigenvalue weighted by molar-refractivity contribution is 0.395. The zero-order valence-electron chi connectivity index (χ0n) is 11.4. The molecule has 0 amide bonds.